The Kier molecular flexibility index (Phi) is 7.14. The number of hydrogen-bond donors (Lipinski definition) is 3. The molecule has 0 aliphatic heterocycles. The van der Waals surface area contributed by atoms with E-state index in [0.29, 0.717) is 5.82 Å². The summed E-state index contributed by atoms with van der Waals surface area (Å²) in [6, 6.07) is 0. The molecule has 0 amide bonds. The van der Waals surface area contributed by atoms with E-state index in [0.717, 1.165) is 50.0 Å². The van der Waals surface area contributed by atoms with Crippen molar-refractivity contribution in [2.45, 2.75) is 39.0 Å². The summed E-state index contributed by atoms with van der Waals surface area (Å²) < 4.78 is 0. The van der Waals surface area contributed by atoms with Crippen LogP contribution in [-0.4, -0.2) is 35.3 Å². The van der Waals surface area contributed by atoms with Crippen molar-refractivity contribution >= 4 is 11.6 Å². The number of nitrogen functional groups attached to an aromatic ring is 1. The van der Waals surface area contributed by atoms with Gasteiger partial charge in [-0.05, 0) is 25.7 Å². The van der Waals surface area contributed by atoms with Gasteiger partial charge in [-0.1, -0.05) is 13.3 Å². The summed E-state index contributed by atoms with van der Waals surface area (Å²) in [5.41, 5.74) is 3.71. The predicted octanol–water partition coefficient (Wildman–Crippen LogP) is 1.31. The van der Waals surface area contributed by atoms with Crippen LogP contribution in [0, 0.1) is 0 Å². The second-order valence-corrected chi connectivity index (χ2v) is 4.62. The molecule has 0 saturated carbocycles. The minimum absolute atomic E-state index is 0.263. The first-order chi connectivity index (χ1) is 9.24. The minimum Gasteiger partial charge on any atom is -0.396 e. The monoisotopic (exact) mass is 267 g/mol. The van der Waals surface area contributed by atoms with Crippen LogP contribution in [-0.2, 0) is 6.42 Å². The van der Waals surface area contributed by atoms with Gasteiger partial charge in [0.05, 0.1) is 0 Å². The van der Waals surface area contributed by atoms with Gasteiger partial charge >= 0.3 is 0 Å². The standard InChI is InChI=1S/C13H25N5O/c1-3-7-11-12(17-14)15-10-16-13(11)18(2)8-5-4-6-9-19/h10,19H,3-9,14H2,1-2H3,(H,15,16,17). The van der Waals surface area contributed by atoms with E-state index < -0.39 is 0 Å². The first kappa shape index (κ1) is 15.7. The fourth-order valence-electron chi connectivity index (χ4n) is 2.08. The first-order valence-electron chi connectivity index (χ1n) is 6.87. The largest absolute Gasteiger partial charge is 0.396 e. The van der Waals surface area contributed by atoms with E-state index in [1.807, 2.05) is 7.05 Å². The Morgan fingerprint density at radius 2 is 2.11 bits per heavy atom. The molecule has 108 valence electrons. The minimum atomic E-state index is 0.263. The van der Waals surface area contributed by atoms with Gasteiger partial charge in [0, 0.05) is 25.8 Å². The molecule has 1 aromatic heterocycles. The second-order valence-electron chi connectivity index (χ2n) is 4.62. The van der Waals surface area contributed by atoms with Crippen molar-refractivity contribution in [2.24, 2.45) is 5.84 Å². The molecule has 0 radical (unpaired) electrons. The lowest BCUT2D eigenvalue weighted by atomic mass is 10.1. The van der Waals surface area contributed by atoms with E-state index in [-0.39, 0.29) is 6.61 Å². The van der Waals surface area contributed by atoms with Crippen LogP contribution in [0.5, 0.6) is 0 Å². The van der Waals surface area contributed by atoms with Crippen LogP contribution in [0.2, 0.25) is 0 Å². The van der Waals surface area contributed by atoms with E-state index >= 15 is 0 Å². The summed E-state index contributed by atoms with van der Waals surface area (Å²) in [6.45, 7) is 3.30. The predicted molar refractivity (Wildman–Crippen MR) is 78.0 cm³/mol. The molecule has 0 spiro atoms. The molecule has 19 heavy (non-hydrogen) atoms. The summed E-state index contributed by atoms with van der Waals surface area (Å²) in [6.07, 6.45) is 6.38. The van der Waals surface area contributed by atoms with Crippen molar-refractivity contribution in [2.75, 3.05) is 30.5 Å². The van der Waals surface area contributed by atoms with Crippen LogP contribution in [0.15, 0.2) is 6.33 Å². The zero-order valence-corrected chi connectivity index (χ0v) is 11.9. The number of nitrogens with one attached hydrogen (secondary N) is 1. The van der Waals surface area contributed by atoms with E-state index in [1.54, 1.807) is 0 Å². The Morgan fingerprint density at radius 3 is 2.74 bits per heavy atom. The highest BCUT2D eigenvalue weighted by molar-refractivity contribution is 5.58. The summed E-state index contributed by atoms with van der Waals surface area (Å²) in [5.74, 6) is 7.14. The maximum atomic E-state index is 8.77. The van der Waals surface area contributed by atoms with Crippen LogP contribution in [0.4, 0.5) is 11.6 Å². The number of aliphatic hydroxyl groups excluding tert-OH is 1. The molecule has 1 heterocycles. The first-order valence-corrected chi connectivity index (χ1v) is 6.87. The van der Waals surface area contributed by atoms with Crippen molar-refractivity contribution < 1.29 is 5.11 Å². The number of hydrazine groups is 1. The van der Waals surface area contributed by atoms with E-state index in [2.05, 4.69) is 27.2 Å². The number of aliphatic hydroxyl groups is 1. The molecule has 1 aromatic rings. The molecule has 0 aliphatic carbocycles. The van der Waals surface area contributed by atoms with Crippen molar-refractivity contribution in [1.29, 1.82) is 0 Å². The van der Waals surface area contributed by atoms with Crippen LogP contribution in [0.3, 0.4) is 0 Å². The third-order valence-electron chi connectivity index (χ3n) is 3.07. The van der Waals surface area contributed by atoms with Gasteiger partial charge in [0.2, 0.25) is 0 Å². The smallest absolute Gasteiger partial charge is 0.148 e. The third-order valence-corrected chi connectivity index (χ3v) is 3.07. The van der Waals surface area contributed by atoms with Gasteiger partial charge in [-0.25, -0.2) is 15.8 Å². The average Bonchev–Trinajstić information content (AvgIpc) is 2.44. The Balaban J connectivity index is 2.74. The number of nitrogens with two attached hydrogens (primary N) is 1. The zero-order chi connectivity index (χ0) is 14.1. The van der Waals surface area contributed by atoms with Gasteiger partial charge in [0.1, 0.15) is 18.0 Å². The van der Waals surface area contributed by atoms with Gasteiger partial charge in [0.15, 0.2) is 0 Å². The highest BCUT2D eigenvalue weighted by Gasteiger charge is 2.13. The molecular weight excluding hydrogens is 242 g/mol. The van der Waals surface area contributed by atoms with Gasteiger partial charge in [-0.15, -0.1) is 0 Å². The molecule has 0 fully saturated rings. The number of nitrogens with zero attached hydrogens (tertiary/aromatic N) is 3. The van der Waals surface area contributed by atoms with Gasteiger partial charge in [-0.2, -0.15) is 0 Å². The second kappa shape index (κ2) is 8.66. The molecule has 6 nitrogen and oxygen atoms in total. The van der Waals surface area contributed by atoms with E-state index in [4.69, 9.17) is 10.9 Å². The lowest BCUT2D eigenvalue weighted by Crippen LogP contribution is -2.23. The van der Waals surface area contributed by atoms with Crippen molar-refractivity contribution in [3.63, 3.8) is 0 Å². The van der Waals surface area contributed by atoms with E-state index in [9.17, 15) is 0 Å². The fourth-order valence-corrected chi connectivity index (χ4v) is 2.08. The SMILES string of the molecule is CCCc1c(NN)ncnc1N(C)CCCCCO. The summed E-state index contributed by atoms with van der Waals surface area (Å²) in [7, 11) is 2.03. The normalized spacial score (nSPS) is 10.5. The zero-order valence-electron chi connectivity index (χ0n) is 11.9. The average molecular weight is 267 g/mol. The molecule has 0 aliphatic rings. The lowest BCUT2D eigenvalue weighted by molar-refractivity contribution is 0.283. The number of rotatable bonds is 9. The number of aromatic nitrogens is 2. The topological polar surface area (TPSA) is 87.3 Å². The van der Waals surface area contributed by atoms with E-state index in [1.165, 1.54) is 6.33 Å². The van der Waals surface area contributed by atoms with Gasteiger partial charge in [-0.3, -0.25) is 0 Å². The molecule has 0 bridgehead atoms. The van der Waals surface area contributed by atoms with Crippen LogP contribution in [0.25, 0.3) is 0 Å². The molecule has 0 saturated heterocycles. The van der Waals surface area contributed by atoms with Gasteiger partial charge in [0.25, 0.3) is 0 Å². The Bertz CT molecular complexity index is 372. The molecule has 6 heteroatoms. The number of unbranched alkanes of at least 4 members (excludes halogenated alkanes) is 2. The maximum Gasteiger partial charge on any atom is 0.148 e. The third kappa shape index (κ3) is 4.65. The van der Waals surface area contributed by atoms with Crippen molar-refractivity contribution in [3.8, 4) is 0 Å². The van der Waals surface area contributed by atoms with Crippen LogP contribution >= 0.6 is 0 Å². The lowest BCUT2D eigenvalue weighted by Gasteiger charge is -2.22. The highest BCUT2D eigenvalue weighted by Crippen LogP contribution is 2.23. The Hall–Kier alpha value is -1.40. The molecule has 4 N–H and O–H groups in total. The van der Waals surface area contributed by atoms with Gasteiger partial charge < -0.3 is 15.4 Å². The molecule has 0 atom stereocenters. The number of hydrogen-bond acceptors (Lipinski definition) is 6. The summed E-state index contributed by atoms with van der Waals surface area (Å²) >= 11 is 0. The van der Waals surface area contributed by atoms with Crippen molar-refractivity contribution in [1.82, 2.24) is 9.97 Å². The Morgan fingerprint density at radius 1 is 1.32 bits per heavy atom. The molecule has 0 aromatic carbocycles. The summed E-state index contributed by atoms with van der Waals surface area (Å²) in [4.78, 5) is 10.7. The quantitative estimate of drug-likeness (QED) is 0.355. The molecular formula is C13H25N5O. The Labute approximate surface area is 115 Å². The molecule has 0 unspecified atom stereocenters. The van der Waals surface area contributed by atoms with Crippen LogP contribution in [0.1, 0.15) is 38.2 Å². The summed E-state index contributed by atoms with van der Waals surface area (Å²) in [5, 5.41) is 8.77. The highest BCUT2D eigenvalue weighted by atomic mass is 16.2. The fraction of sp³-hybridized carbons (Fsp3) is 0.692. The molecule has 1 rings (SSSR count). The number of anilines is 2. The maximum absolute atomic E-state index is 8.77. The van der Waals surface area contributed by atoms with Crippen molar-refractivity contribution in [3.05, 3.63) is 11.9 Å². The van der Waals surface area contributed by atoms with Crippen LogP contribution < -0.4 is 16.2 Å².